The third-order valence-electron chi connectivity index (χ3n) is 3.50. The van der Waals surface area contributed by atoms with Crippen molar-refractivity contribution < 1.29 is 19.9 Å². The minimum atomic E-state index is -0.600. The monoisotopic (exact) mass is 401 g/mol. The summed E-state index contributed by atoms with van der Waals surface area (Å²) in [5.74, 6) is -0.560. The lowest BCUT2D eigenvalue weighted by Gasteiger charge is -2.06. The number of nitro benzene ring substituents is 1. The third kappa shape index (κ3) is 4.13. The Bertz CT molecular complexity index is 1000. The van der Waals surface area contributed by atoms with Crippen LogP contribution in [0.4, 0.5) is 5.69 Å². The fraction of sp³-hybridized carbons (Fsp3) is 0. The molecule has 0 unspecified atom stereocenters. The summed E-state index contributed by atoms with van der Waals surface area (Å²) < 4.78 is 0.186. The van der Waals surface area contributed by atoms with Gasteiger partial charge in [-0.05, 0) is 42.1 Å². The van der Waals surface area contributed by atoms with Crippen LogP contribution in [0.1, 0.15) is 11.1 Å². The zero-order valence-corrected chi connectivity index (χ0v) is 15.1. The summed E-state index contributed by atoms with van der Waals surface area (Å²) in [5, 5.41) is 34.9. The Morgan fingerprint density at radius 2 is 1.89 bits per heavy atom. The molecular formula is C17H11N3O5S2. The Balaban J connectivity index is 1.84. The van der Waals surface area contributed by atoms with E-state index in [4.69, 9.17) is 12.2 Å². The number of non-ortho nitro benzene ring substituents is 1. The number of rotatable bonds is 4. The molecule has 1 fully saturated rings. The molecule has 136 valence electrons. The molecule has 1 amide bonds. The maximum Gasteiger partial charge on any atom is 0.286 e. The van der Waals surface area contributed by atoms with Crippen molar-refractivity contribution in [3.8, 4) is 11.5 Å². The fourth-order valence-electron chi connectivity index (χ4n) is 2.16. The van der Waals surface area contributed by atoms with Gasteiger partial charge in [-0.15, -0.1) is 0 Å². The van der Waals surface area contributed by atoms with Crippen molar-refractivity contribution in [1.82, 2.24) is 5.01 Å². The Morgan fingerprint density at radius 1 is 1.19 bits per heavy atom. The summed E-state index contributed by atoms with van der Waals surface area (Å²) in [6, 6.07) is 9.76. The van der Waals surface area contributed by atoms with E-state index in [-0.39, 0.29) is 27.1 Å². The van der Waals surface area contributed by atoms with Gasteiger partial charge in [0.05, 0.1) is 16.0 Å². The highest BCUT2D eigenvalue weighted by Crippen LogP contribution is 2.33. The molecule has 3 rings (SSSR count). The van der Waals surface area contributed by atoms with E-state index in [0.717, 1.165) is 35.1 Å². The maximum atomic E-state index is 12.5. The lowest BCUT2D eigenvalue weighted by Crippen LogP contribution is -2.22. The van der Waals surface area contributed by atoms with Crippen molar-refractivity contribution in [2.45, 2.75) is 0 Å². The Kier molecular flexibility index (Phi) is 5.19. The average Bonchev–Trinajstić information content (AvgIpc) is 2.89. The quantitative estimate of drug-likeness (QED) is 0.266. The number of thiocarbonyl (C=S) groups is 1. The molecule has 27 heavy (non-hydrogen) atoms. The number of phenols is 2. The van der Waals surface area contributed by atoms with E-state index in [1.54, 1.807) is 18.2 Å². The number of nitrogens with zero attached hydrogens (tertiary/aromatic N) is 3. The standard InChI is InChI=1S/C17H11N3O5S2/c21-13-4-1-10(2-5-13)7-15-16(23)19(17(26)27-15)18-9-11-8-12(20(24)25)3-6-14(11)22/h1-9,21-22H/b15-7+,18-9+. The lowest BCUT2D eigenvalue weighted by atomic mass is 10.2. The van der Waals surface area contributed by atoms with E-state index < -0.39 is 10.8 Å². The predicted molar refractivity (Wildman–Crippen MR) is 105 cm³/mol. The average molecular weight is 401 g/mol. The first kappa shape index (κ1) is 18.5. The van der Waals surface area contributed by atoms with E-state index in [9.17, 15) is 25.1 Å². The SMILES string of the molecule is O=C1/C(=C\c2ccc(O)cc2)SC(=S)N1/N=C/c1cc([N+](=O)[O-])ccc1O. The molecule has 2 N–H and O–H groups in total. The van der Waals surface area contributed by atoms with Gasteiger partial charge in [-0.25, -0.2) is 0 Å². The first-order valence-corrected chi connectivity index (χ1v) is 8.66. The normalized spacial score (nSPS) is 15.9. The highest BCUT2D eigenvalue weighted by Gasteiger charge is 2.32. The zero-order chi connectivity index (χ0) is 19.6. The first-order valence-electron chi connectivity index (χ1n) is 7.43. The fourth-order valence-corrected chi connectivity index (χ4v) is 3.33. The number of hydrazone groups is 1. The van der Waals surface area contributed by atoms with Gasteiger partial charge in [-0.3, -0.25) is 14.9 Å². The molecule has 2 aromatic carbocycles. The topological polar surface area (TPSA) is 116 Å². The van der Waals surface area contributed by atoms with Gasteiger partial charge in [0.25, 0.3) is 11.6 Å². The number of hydrogen-bond acceptors (Lipinski definition) is 8. The number of hydrogen-bond donors (Lipinski definition) is 2. The van der Waals surface area contributed by atoms with Crippen molar-refractivity contribution in [3.63, 3.8) is 0 Å². The summed E-state index contributed by atoms with van der Waals surface area (Å²) in [7, 11) is 0. The summed E-state index contributed by atoms with van der Waals surface area (Å²) in [6.45, 7) is 0. The van der Waals surface area contributed by atoms with Crippen molar-refractivity contribution in [2.24, 2.45) is 5.10 Å². The van der Waals surface area contributed by atoms with Crippen molar-refractivity contribution in [2.75, 3.05) is 0 Å². The molecule has 1 aliphatic rings. The number of aromatic hydroxyl groups is 2. The molecule has 1 aliphatic heterocycles. The van der Waals surface area contributed by atoms with Gasteiger partial charge < -0.3 is 10.2 Å². The second-order valence-electron chi connectivity index (χ2n) is 5.33. The van der Waals surface area contributed by atoms with Crippen LogP contribution in [0.3, 0.4) is 0 Å². The number of carbonyl (C=O) groups excluding carboxylic acids is 1. The van der Waals surface area contributed by atoms with Crippen LogP contribution in [0.5, 0.6) is 11.5 Å². The van der Waals surface area contributed by atoms with Crippen molar-refractivity contribution >= 4 is 52.2 Å². The first-order chi connectivity index (χ1) is 12.8. The molecule has 10 heteroatoms. The number of phenolic OH excluding ortho intramolecular Hbond substituents is 2. The second kappa shape index (κ2) is 7.56. The van der Waals surface area contributed by atoms with E-state index in [2.05, 4.69) is 5.10 Å². The van der Waals surface area contributed by atoms with E-state index in [1.165, 1.54) is 18.2 Å². The number of amides is 1. The third-order valence-corrected chi connectivity index (χ3v) is 4.78. The van der Waals surface area contributed by atoms with E-state index in [0.29, 0.717) is 10.5 Å². The van der Waals surface area contributed by atoms with Crippen LogP contribution < -0.4 is 0 Å². The van der Waals surface area contributed by atoms with Crippen LogP contribution in [-0.4, -0.2) is 36.6 Å². The highest BCUT2D eigenvalue weighted by atomic mass is 32.2. The molecule has 0 saturated carbocycles. The highest BCUT2D eigenvalue weighted by molar-refractivity contribution is 8.26. The molecule has 0 atom stereocenters. The van der Waals surface area contributed by atoms with Gasteiger partial charge in [0, 0.05) is 17.7 Å². The number of nitro groups is 1. The maximum absolute atomic E-state index is 12.5. The van der Waals surface area contributed by atoms with Gasteiger partial charge >= 0.3 is 0 Å². The van der Waals surface area contributed by atoms with Crippen LogP contribution in [0.2, 0.25) is 0 Å². The van der Waals surface area contributed by atoms with E-state index in [1.807, 2.05) is 0 Å². The van der Waals surface area contributed by atoms with E-state index >= 15 is 0 Å². The Labute approximate surface area is 162 Å². The summed E-state index contributed by atoms with van der Waals surface area (Å²) >= 11 is 6.20. The molecular weight excluding hydrogens is 390 g/mol. The van der Waals surface area contributed by atoms with Crippen LogP contribution in [0.25, 0.3) is 6.08 Å². The molecule has 0 bridgehead atoms. The molecule has 0 aliphatic carbocycles. The Morgan fingerprint density at radius 3 is 2.56 bits per heavy atom. The minimum absolute atomic E-state index is 0.0840. The van der Waals surface area contributed by atoms with Crippen LogP contribution >= 0.6 is 24.0 Å². The molecule has 2 aromatic rings. The van der Waals surface area contributed by atoms with Crippen molar-refractivity contribution in [3.05, 3.63) is 68.6 Å². The van der Waals surface area contributed by atoms with Gasteiger partial charge in [0.2, 0.25) is 0 Å². The van der Waals surface area contributed by atoms with Gasteiger partial charge in [-0.1, -0.05) is 23.9 Å². The lowest BCUT2D eigenvalue weighted by molar-refractivity contribution is -0.384. The summed E-state index contributed by atoms with van der Waals surface area (Å²) in [6.07, 6.45) is 2.75. The molecule has 8 nitrogen and oxygen atoms in total. The second-order valence-corrected chi connectivity index (χ2v) is 7.01. The van der Waals surface area contributed by atoms with Gasteiger partial charge in [0.15, 0.2) is 4.32 Å². The number of carbonyl (C=O) groups is 1. The molecule has 1 heterocycles. The van der Waals surface area contributed by atoms with Crippen LogP contribution in [0.15, 0.2) is 52.5 Å². The van der Waals surface area contributed by atoms with Crippen LogP contribution in [-0.2, 0) is 4.79 Å². The number of thioether (sulfide) groups is 1. The smallest absolute Gasteiger partial charge is 0.286 e. The van der Waals surface area contributed by atoms with Crippen molar-refractivity contribution in [1.29, 1.82) is 0 Å². The molecule has 0 radical (unpaired) electrons. The van der Waals surface area contributed by atoms with Gasteiger partial charge in [0.1, 0.15) is 11.5 Å². The van der Waals surface area contributed by atoms with Crippen LogP contribution in [0, 0.1) is 10.1 Å². The Hall–Kier alpha value is -3.24. The molecule has 1 saturated heterocycles. The summed E-state index contributed by atoms with van der Waals surface area (Å²) in [4.78, 5) is 23.1. The summed E-state index contributed by atoms with van der Waals surface area (Å²) in [5.41, 5.74) is 0.571. The largest absolute Gasteiger partial charge is 0.508 e. The van der Waals surface area contributed by atoms with Gasteiger partial charge in [-0.2, -0.15) is 10.1 Å². The molecule has 0 aromatic heterocycles. The molecule has 0 spiro atoms. The minimum Gasteiger partial charge on any atom is -0.508 e. The predicted octanol–water partition coefficient (Wildman–Crippen LogP) is 3.24. The zero-order valence-electron chi connectivity index (χ0n) is 13.5. The number of benzene rings is 2.